The fraction of sp³-hybridized carbons (Fsp3) is 0.231. The summed E-state index contributed by atoms with van der Waals surface area (Å²) in [5.74, 6) is 0.697. The molecule has 0 bridgehead atoms. The van der Waals surface area contributed by atoms with Gasteiger partial charge in [-0.1, -0.05) is 40.0 Å². The van der Waals surface area contributed by atoms with Crippen molar-refractivity contribution in [2.24, 2.45) is 0 Å². The van der Waals surface area contributed by atoms with Crippen molar-refractivity contribution in [3.63, 3.8) is 0 Å². The Labute approximate surface area is 135 Å². The predicted octanol–water partition coefficient (Wildman–Crippen LogP) is 4.27. The van der Waals surface area contributed by atoms with Crippen LogP contribution in [0.3, 0.4) is 0 Å². The average molecular weight is 347 g/mol. The first kappa shape index (κ1) is 14.5. The number of hydrogen-bond acceptors (Lipinski definition) is 4. The van der Waals surface area contributed by atoms with Crippen LogP contribution in [-0.2, 0) is 0 Å². The van der Waals surface area contributed by atoms with Gasteiger partial charge in [-0.3, -0.25) is 15.6 Å². The van der Waals surface area contributed by atoms with Crippen molar-refractivity contribution in [3.8, 4) is 0 Å². The largest absolute Gasteiger partial charge is 0.360 e. The number of nitrogens with zero attached hydrogens (tertiary/aromatic N) is 1. The van der Waals surface area contributed by atoms with Gasteiger partial charge in [0.25, 0.3) is 5.91 Å². The van der Waals surface area contributed by atoms with Crippen LogP contribution in [0, 0.1) is 0 Å². The molecule has 1 aliphatic rings. The number of aromatic nitrogens is 1. The minimum Gasteiger partial charge on any atom is -0.360 e. The van der Waals surface area contributed by atoms with Crippen LogP contribution in [-0.4, -0.2) is 11.1 Å². The molecule has 1 heterocycles. The Morgan fingerprint density at radius 2 is 1.86 bits per heavy atom. The normalized spacial score (nSPS) is 14.0. The van der Waals surface area contributed by atoms with E-state index in [9.17, 15) is 4.79 Å². The van der Waals surface area contributed by atoms with Gasteiger partial charge in [-0.15, -0.1) is 0 Å². The number of halogens is 3. The zero-order chi connectivity index (χ0) is 15.0. The minimum absolute atomic E-state index is 0.200. The Balaban J connectivity index is 1.67. The fourth-order valence-corrected chi connectivity index (χ4v) is 2.71. The van der Waals surface area contributed by atoms with Gasteiger partial charge >= 0.3 is 0 Å². The Morgan fingerprint density at radius 1 is 1.19 bits per heavy atom. The molecule has 1 amide bonds. The third-order valence-electron chi connectivity index (χ3n) is 3.05. The van der Waals surface area contributed by atoms with Crippen molar-refractivity contribution < 1.29 is 9.32 Å². The highest BCUT2D eigenvalue weighted by Crippen LogP contribution is 2.40. The molecule has 2 N–H and O–H groups in total. The molecule has 0 radical (unpaired) electrons. The molecule has 2 aromatic rings. The van der Waals surface area contributed by atoms with E-state index in [-0.39, 0.29) is 5.69 Å². The smallest absolute Gasteiger partial charge is 0.291 e. The van der Waals surface area contributed by atoms with E-state index in [4.69, 9.17) is 39.3 Å². The molecule has 5 nitrogen and oxygen atoms in total. The van der Waals surface area contributed by atoms with Crippen molar-refractivity contribution in [2.45, 2.75) is 18.8 Å². The lowest BCUT2D eigenvalue weighted by molar-refractivity contribution is 0.0953. The maximum Gasteiger partial charge on any atom is 0.291 e. The van der Waals surface area contributed by atoms with Gasteiger partial charge in [0.1, 0.15) is 5.76 Å². The number of hydrazine groups is 1. The van der Waals surface area contributed by atoms with E-state index < -0.39 is 5.91 Å². The molecule has 0 spiro atoms. The number of amides is 1. The summed E-state index contributed by atoms with van der Waals surface area (Å²) in [7, 11) is 0. The molecular formula is C13H10Cl3N3O2. The number of rotatable bonds is 4. The lowest BCUT2D eigenvalue weighted by atomic mass is 10.3. The molecule has 0 saturated heterocycles. The number of carbonyl (C=O) groups is 1. The van der Waals surface area contributed by atoms with E-state index in [0.29, 0.717) is 26.7 Å². The highest BCUT2D eigenvalue weighted by atomic mass is 35.5. The second-order valence-corrected chi connectivity index (χ2v) is 5.96. The number of benzene rings is 1. The van der Waals surface area contributed by atoms with Crippen LogP contribution in [0.4, 0.5) is 5.69 Å². The third kappa shape index (κ3) is 3.26. The monoisotopic (exact) mass is 345 g/mol. The zero-order valence-electron chi connectivity index (χ0n) is 10.6. The first-order chi connectivity index (χ1) is 10.0. The quantitative estimate of drug-likeness (QED) is 0.811. The predicted molar refractivity (Wildman–Crippen MR) is 81.0 cm³/mol. The Bertz CT molecular complexity index is 675. The first-order valence-corrected chi connectivity index (χ1v) is 7.35. The molecule has 21 heavy (non-hydrogen) atoms. The third-order valence-corrected chi connectivity index (χ3v) is 3.86. The topological polar surface area (TPSA) is 67.2 Å². The number of nitrogens with one attached hydrogen (secondary N) is 2. The molecule has 1 aromatic heterocycles. The van der Waals surface area contributed by atoms with Crippen LogP contribution < -0.4 is 10.9 Å². The maximum absolute atomic E-state index is 12.0. The summed E-state index contributed by atoms with van der Waals surface area (Å²) in [6, 6.07) is 4.68. The fourth-order valence-electron chi connectivity index (χ4n) is 1.80. The lowest BCUT2D eigenvalue weighted by Gasteiger charge is -2.11. The summed E-state index contributed by atoms with van der Waals surface area (Å²) in [6.07, 6.45) is 2.15. The molecule has 1 aromatic carbocycles. The van der Waals surface area contributed by atoms with Gasteiger partial charge in [-0.2, -0.15) is 0 Å². The number of hydrogen-bond donors (Lipinski definition) is 2. The summed E-state index contributed by atoms with van der Waals surface area (Å²) in [5.41, 5.74) is 5.69. The summed E-state index contributed by atoms with van der Waals surface area (Å²) < 4.78 is 5.12. The Morgan fingerprint density at radius 3 is 2.48 bits per heavy atom. The Hall–Kier alpha value is -1.43. The average Bonchev–Trinajstić information content (AvgIpc) is 3.15. The van der Waals surface area contributed by atoms with Crippen LogP contribution in [0.25, 0.3) is 0 Å². The van der Waals surface area contributed by atoms with Gasteiger partial charge in [0, 0.05) is 17.0 Å². The van der Waals surface area contributed by atoms with E-state index in [0.717, 1.165) is 18.6 Å². The molecule has 110 valence electrons. The second kappa shape index (κ2) is 5.75. The molecule has 0 unspecified atom stereocenters. The first-order valence-electron chi connectivity index (χ1n) is 6.22. The van der Waals surface area contributed by atoms with Gasteiger partial charge in [0.05, 0.1) is 15.7 Å². The summed E-state index contributed by atoms with van der Waals surface area (Å²) in [4.78, 5) is 12.0. The van der Waals surface area contributed by atoms with Gasteiger partial charge < -0.3 is 4.52 Å². The summed E-state index contributed by atoms with van der Waals surface area (Å²) in [6.45, 7) is 0. The molecule has 3 rings (SSSR count). The van der Waals surface area contributed by atoms with Gasteiger partial charge in [0.15, 0.2) is 5.69 Å². The molecule has 1 aliphatic carbocycles. The minimum atomic E-state index is -0.437. The maximum atomic E-state index is 12.0. The lowest BCUT2D eigenvalue weighted by Crippen LogP contribution is -2.29. The molecular weight excluding hydrogens is 337 g/mol. The molecule has 0 atom stereocenters. The van der Waals surface area contributed by atoms with Crippen molar-refractivity contribution in [2.75, 3.05) is 5.43 Å². The van der Waals surface area contributed by atoms with E-state index in [1.807, 2.05) is 0 Å². The van der Waals surface area contributed by atoms with Gasteiger partial charge in [0.2, 0.25) is 0 Å². The van der Waals surface area contributed by atoms with Crippen LogP contribution in [0.2, 0.25) is 15.1 Å². The van der Waals surface area contributed by atoms with Gasteiger partial charge in [-0.05, 0) is 25.0 Å². The highest BCUT2D eigenvalue weighted by Gasteiger charge is 2.28. The van der Waals surface area contributed by atoms with E-state index >= 15 is 0 Å². The SMILES string of the molecule is O=C(NNc1c(Cl)cc(Cl)cc1Cl)c1cc(C2CC2)on1. The second-order valence-electron chi connectivity index (χ2n) is 4.71. The van der Waals surface area contributed by atoms with Crippen LogP contribution >= 0.6 is 34.8 Å². The summed E-state index contributed by atoms with van der Waals surface area (Å²) in [5, 5.41) is 4.74. The van der Waals surface area contributed by atoms with Crippen LogP contribution in [0.1, 0.15) is 35.0 Å². The van der Waals surface area contributed by atoms with Crippen LogP contribution in [0.5, 0.6) is 0 Å². The standard InChI is InChI=1S/C13H10Cl3N3O2/c14-7-3-8(15)12(9(16)4-7)17-18-13(20)10-5-11(21-19-10)6-1-2-6/h3-6,17H,1-2H2,(H,18,20). The molecule has 1 saturated carbocycles. The number of anilines is 1. The number of carbonyl (C=O) groups excluding carboxylic acids is 1. The van der Waals surface area contributed by atoms with Crippen LogP contribution in [0.15, 0.2) is 22.7 Å². The molecule has 0 aliphatic heterocycles. The van der Waals surface area contributed by atoms with Crippen molar-refractivity contribution in [3.05, 3.63) is 44.7 Å². The summed E-state index contributed by atoms with van der Waals surface area (Å²) >= 11 is 17.8. The highest BCUT2D eigenvalue weighted by molar-refractivity contribution is 6.41. The van der Waals surface area contributed by atoms with Crippen molar-refractivity contribution in [1.29, 1.82) is 0 Å². The van der Waals surface area contributed by atoms with E-state index in [2.05, 4.69) is 16.0 Å². The van der Waals surface area contributed by atoms with Crippen molar-refractivity contribution >= 4 is 46.4 Å². The Kier molecular flexibility index (Phi) is 3.97. The molecule has 8 heteroatoms. The van der Waals surface area contributed by atoms with E-state index in [1.165, 1.54) is 12.1 Å². The van der Waals surface area contributed by atoms with Gasteiger partial charge in [-0.25, -0.2) is 0 Å². The van der Waals surface area contributed by atoms with Crippen molar-refractivity contribution in [1.82, 2.24) is 10.6 Å². The zero-order valence-corrected chi connectivity index (χ0v) is 12.9. The van der Waals surface area contributed by atoms with E-state index in [1.54, 1.807) is 6.07 Å². The molecule has 1 fully saturated rings.